The van der Waals surface area contributed by atoms with Gasteiger partial charge in [-0.25, -0.2) is 0 Å². The van der Waals surface area contributed by atoms with E-state index < -0.39 is 33.7 Å². The molecule has 0 aromatic rings. The molecule has 0 saturated carbocycles. The van der Waals surface area contributed by atoms with Crippen LogP contribution in [0.2, 0.25) is 0 Å². The molecule has 1 unspecified atom stereocenters. The van der Waals surface area contributed by atoms with Gasteiger partial charge >= 0.3 is 11.9 Å². The first-order valence-electron chi connectivity index (χ1n) is 10.5. The van der Waals surface area contributed by atoms with Crippen LogP contribution in [0, 0.1) is 11.8 Å². The summed E-state index contributed by atoms with van der Waals surface area (Å²) in [5, 5.41) is -1.95. The molecule has 8 heteroatoms. The van der Waals surface area contributed by atoms with Gasteiger partial charge in [0.1, 0.15) is 0 Å². The first kappa shape index (κ1) is 26.9. The van der Waals surface area contributed by atoms with Crippen molar-refractivity contribution in [3.63, 3.8) is 0 Å². The molecule has 0 saturated heterocycles. The van der Waals surface area contributed by atoms with Crippen molar-refractivity contribution in [1.29, 1.82) is 0 Å². The molecule has 7 nitrogen and oxygen atoms in total. The van der Waals surface area contributed by atoms with Crippen LogP contribution in [-0.2, 0) is 29.2 Å². The van der Waals surface area contributed by atoms with E-state index in [1.807, 2.05) is 13.8 Å². The largest absolute Gasteiger partial charge is 0.465 e. The van der Waals surface area contributed by atoms with Gasteiger partial charge in [0.05, 0.1) is 19.6 Å². The molecule has 0 amide bonds. The minimum absolute atomic E-state index is 0.0747. The molecule has 0 fully saturated rings. The molecule has 0 radical (unpaired) electrons. The molecule has 0 spiro atoms. The van der Waals surface area contributed by atoms with Crippen molar-refractivity contribution in [1.82, 2.24) is 0 Å². The Bertz CT molecular complexity index is 545. The second-order valence-electron chi connectivity index (χ2n) is 7.35. The molecule has 0 aliphatic carbocycles. The van der Waals surface area contributed by atoms with E-state index in [9.17, 15) is 22.6 Å². The fraction of sp³-hybridized carbons (Fsp3) is 0.900. The Morgan fingerprint density at radius 3 is 1.71 bits per heavy atom. The van der Waals surface area contributed by atoms with Crippen LogP contribution in [-0.4, -0.2) is 43.4 Å². The van der Waals surface area contributed by atoms with Crippen molar-refractivity contribution in [2.24, 2.45) is 11.8 Å². The van der Waals surface area contributed by atoms with E-state index in [0.29, 0.717) is 0 Å². The average molecular weight is 423 g/mol. The highest BCUT2D eigenvalue weighted by molar-refractivity contribution is 7.87. The van der Waals surface area contributed by atoms with Gasteiger partial charge in [-0.05, 0) is 24.7 Å². The molecule has 0 heterocycles. The quantitative estimate of drug-likeness (QED) is 0.294. The zero-order valence-electron chi connectivity index (χ0n) is 17.8. The molecular formula is C20H38O7S. The van der Waals surface area contributed by atoms with Gasteiger partial charge in [0.15, 0.2) is 5.25 Å². The molecule has 0 aromatic carbocycles. The number of rotatable bonds is 16. The van der Waals surface area contributed by atoms with Crippen LogP contribution in [0.25, 0.3) is 0 Å². The maximum Gasteiger partial charge on any atom is 0.327 e. The number of unbranched alkanes of at least 4 members (excludes halogenated alkanes) is 2. The molecule has 0 rings (SSSR count). The Kier molecular flexibility index (Phi) is 14.2. The van der Waals surface area contributed by atoms with Gasteiger partial charge < -0.3 is 9.47 Å². The predicted octanol–water partition coefficient (Wildman–Crippen LogP) is 4.15. The fourth-order valence-corrected chi connectivity index (χ4v) is 3.48. The zero-order valence-corrected chi connectivity index (χ0v) is 18.6. The average Bonchev–Trinajstić information content (AvgIpc) is 2.65. The van der Waals surface area contributed by atoms with Crippen LogP contribution >= 0.6 is 0 Å². The first-order valence-corrected chi connectivity index (χ1v) is 12.0. The van der Waals surface area contributed by atoms with Gasteiger partial charge in [-0.1, -0.05) is 66.2 Å². The molecule has 0 aliphatic rings. The van der Waals surface area contributed by atoms with Gasteiger partial charge in [-0.15, -0.1) is 0 Å². The van der Waals surface area contributed by atoms with Crippen LogP contribution in [0.5, 0.6) is 0 Å². The van der Waals surface area contributed by atoms with E-state index in [1.54, 1.807) is 0 Å². The van der Waals surface area contributed by atoms with E-state index in [1.165, 1.54) is 0 Å². The second kappa shape index (κ2) is 14.8. The third kappa shape index (κ3) is 11.6. The summed E-state index contributed by atoms with van der Waals surface area (Å²) in [4.78, 5) is 24.2. The highest BCUT2D eigenvalue weighted by atomic mass is 32.2. The van der Waals surface area contributed by atoms with Crippen LogP contribution in [0.3, 0.4) is 0 Å². The molecule has 1 N–H and O–H groups in total. The van der Waals surface area contributed by atoms with Gasteiger partial charge in [-0.2, -0.15) is 8.42 Å². The Morgan fingerprint density at radius 2 is 1.32 bits per heavy atom. The highest BCUT2D eigenvalue weighted by Gasteiger charge is 2.36. The van der Waals surface area contributed by atoms with Crippen LogP contribution in [0.1, 0.15) is 85.5 Å². The third-order valence-corrected chi connectivity index (χ3v) is 6.08. The minimum Gasteiger partial charge on any atom is -0.465 e. The molecule has 166 valence electrons. The van der Waals surface area contributed by atoms with Crippen LogP contribution in [0.15, 0.2) is 0 Å². The zero-order chi connectivity index (χ0) is 21.6. The number of hydrogen-bond acceptors (Lipinski definition) is 6. The lowest BCUT2D eigenvalue weighted by molar-refractivity contribution is -0.151. The second-order valence-corrected chi connectivity index (χ2v) is 8.95. The van der Waals surface area contributed by atoms with E-state index in [0.717, 1.165) is 51.4 Å². The lowest BCUT2D eigenvalue weighted by Gasteiger charge is -2.18. The Labute approximate surface area is 170 Å². The monoisotopic (exact) mass is 422 g/mol. The highest BCUT2D eigenvalue weighted by Crippen LogP contribution is 2.17. The Hall–Kier alpha value is -1.15. The standard InChI is InChI=1S/C20H38O7S/c1-5-9-11-16(7-3)14-26-19(21)13-18(28(23,24)25)20(22)27-15-17(8-4)12-10-6-2/h16-18H,5-15H2,1-4H3,(H,23,24,25)/t16-,17-,18?/m0/s1. The van der Waals surface area contributed by atoms with Crippen molar-refractivity contribution >= 4 is 22.1 Å². The maximum atomic E-state index is 12.2. The molecule has 28 heavy (non-hydrogen) atoms. The number of hydrogen-bond donors (Lipinski definition) is 1. The summed E-state index contributed by atoms with van der Waals surface area (Å²) < 4.78 is 42.8. The fourth-order valence-electron chi connectivity index (χ4n) is 2.82. The van der Waals surface area contributed by atoms with Crippen LogP contribution < -0.4 is 0 Å². The first-order chi connectivity index (χ1) is 13.2. The van der Waals surface area contributed by atoms with E-state index >= 15 is 0 Å². The van der Waals surface area contributed by atoms with Crippen LogP contribution in [0.4, 0.5) is 0 Å². The van der Waals surface area contributed by atoms with Crippen molar-refractivity contribution in [2.75, 3.05) is 13.2 Å². The minimum atomic E-state index is -4.76. The summed E-state index contributed by atoms with van der Waals surface area (Å²) in [5.41, 5.74) is 0. The topological polar surface area (TPSA) is 107 Å². The third-order valence-electron chi connectivity index (χ3n) is 5.00. The maximum absolute atomic E-state index is 12.2. The summed E-state index contributed by atoms with van der Waals surface area (Å²) >= 11 is 0. The van der Waals surface area contributed by atoms with Gasteiger partial charge in [0.2, 0.25) is 0 Å². The molecule has 0 aromatic heterocycles. The summed E-state index contributed by atoms with van der Waals surface area (Å²) in [6, 6.07) is 0. The van der Waals surface area contributed by atoms with Crippen molar-refractivity contribution in [2.45, 2.75) is 90.7 Å². The Morgan fingerprint density at radius 1 is 0.857 bits per heavy atom. The number of esters is 2. The normalized spacial score (nSPS) is 14.9. The summed E-state index contributed by atoms with van der Waals surface area (Å²) in [7, 11) is -4.76. The van der Waals surface area contributed by atoms with E-state index in [2.05, 4.69) is 13.8 Å². The van der Waals surface area contributed by atoms with Gasteiger partial charge in [-0.3, -0.25) is 14.1 Å². The number of ether oxygens (including phenoxy) is 2. The summed E-state index contributed by atoms with van der Waals surface area (Å²) in [5.74, 6) is -1.61. The molecule has 0 aliphatic heterocycles. The lowest BCUT2D eigenvalue weighted by Crippen LogP contribution is -2.35. The molecule has 3 atom stereocenters. The van der Waals surface area contributed by atoms with E-state index in [4.69, 9.17) is 9.47 Å². The Balaban J connectivity index is 4.73. The summed E-state index contributed by atoms with van der Waals surface area (Å²) in [6.07, 6.45) is 6.74. The van der Waals surface area contributed by atoms with Crippen molar-refractivity contribution in [3.05, 3.63) is 0 Å². The lowest BCUT2D eigenvalue weighted by atomic mass is 10.0. The van der Waals surface area contributed by atoms with E-state index in [-0.39, 0.29) is 25.0 Å². The van der Waals surface area contributed by atoms with Gasteiger partial charge in [0.25, 0.3) is 10.1 Å². The summed E-state index contributed by atoms with van der Waals surface area (Å²) in [6.45, 7) is 8.35. The van der Waals surface area contributed by atoms with Crippen molar-refractivity contribution < 1.29 is 32.0 Å². The van der Waals surface area contributed by atoms with Gasteiger partial charge in [0, 0.05) is 0 Å². The SMILES string of the molecule is CCCC[C@H](CC)COC(=O)CC(C(=O)OC[C@@H](CC)CCCC)S(=O)(=O)O. The predicted molar refractivity (Wildman–Crippen MR) is 108 cm³/mol. The molecule has 0 bridgehead atoms. The smallest absolute Gasteiger partial charge is 0.327 e. The molecular weight excluding hydrogens is 384 g/mol. The van der Waals surface area contributed by atoms with Crippen molar-refractivity contribution in [3.8, 4) is 0 Å². The number of carbonyl (C=O) groups excluding carboxylic acids is 2. The number of carbonyl (C=O) groups is 2.